The quantitative estimate of drug-likeness (QED) is 0.125. The molecule has 0 bridgehead atoms. The molecule has 0 radical (unpaired) electrons. The SMILES string of the molecule is CC1(C)S[C@@H]2CC(=O)[N@+]2(NC(=O)C(c2ccccc2)N(NC=O)C(=O)OCc2ccc([N+](=O)[O-])cc2)[C@H]1C(=O)O. The minimum absolute atomic E-state index is 0.0573. The van der Waals surface area contributed by atoms with Gasteiger partial charge in [-0.05, 0) is 37.1 Å². The number of non-ortho nitro benzene ring substituents is 1. The van der Waals surface area contributed by atoms with Crippen LogP contribution >= 0.6 is 11.8 Å². The lowest BCUT2D eigenvalue weighted by molar-refractivity contribution is -0.935. The van der Waals surface area contributed by atoms with Gasteiger partial charge in [0.25, 0.3) is 11.6 Å². The highest BCUT2D eigenvalue weighted by molar-refractivity contribution is 8.01. The third-order valence-electron chi connectivity index (χ3n) is 6.77. The number of nitro groups is 1. The predicted octanol–water partition coefficient (Wildman–Crippen LogP) is 2.02. The number of hydrogen-bond acceptors (Lipinski definition) is 9. The van der Waals surface area contributed by atoms with Crippen molar-refractivity contribution in [2.75, 3.05) is 0 Å². The van der Waals surface area contributed by atoms with E-state index < -0.39 is 55.6 Å². The van der Waals surface area contributed by atoms with Gasteiger partial charge in [0.15, 0.2) is 11.4 Å². The number of hydrazine groups is 1. The van der Waals surface area contributed by atoms with Crippen LogP contribution in [0.1, 0.15) is 37.4 Å². The van der Waals surface area contributed by atoms with Gasteiger partial charge in [0.1, 0.15) is 13.0 Å². The van der Waals surface area contributed by atoms with Crippen molar-refractivity contribution in [3.05, 3.63) is 75.8 Å². The molecule has 2 aromatic carbocycles. The third-order valence-corrected chi connectivity index (χ3v) is 8.37. The molecule has 4 rings (SSSR count). The molecule has 3 N–H and O–H groups in total. The molecule has 40 heavy (non-hydrogen) atoms. The highest BCUT2D eigenvalue weighted by Gasteiger charge is 2.75. The summed E-state index contributed by atoms with van der Waals surface area (Å²) in [5.41, 5.74) is 5.24. The van der Waals surface area contributed by atoms with Crippen LogP contribution in [0.3, 0.4) is 0 Å². The number of aliphatic carboxylic acids is 1. The molecule has 2 fully saturated rings. The van der Waals surface area contributed by atoms with Gasteiger partial charge < -0.3 is 9.84 Å². The van der Waals surface area contributed by atoms with Crippen LogP contribution < -0.4 is 10.9 Å². The van der Waals surface area contributed by atoms with Crippen LogP contribution in [0.4, 0.5) is 10.5 Å². The van der Waals surface area contributed by atoms with Gasteiger partial charge >= 0.3 is 18.0 Å². The van der Waals surface area contributed by atoms with Gasteiger partial charge in [0.05, 0.1) is 9.67 Å². The molecule has 0 aliphatic carbocycles. The van der Waals surface area contributed by atoms with Crippen LogP contribution in [0, 0.1) is 10.1 Å². The molecule has 14 nitrogen and oxygen atoms in total. The van der Waals surface area contributed by atoms with Crippen LogP contribution in [0.25, 0.3) is 0 Å². The van der Waals surface area contributed by atoms with E-state index in [9.17, 15) is 39.2 Å². The first kappa shape index (κ1) is 28.5. The van der Waals surface area contributed by atoms with E-state index in [2.05, 4.69) is 10.9 Å². The molecule has 2 heterocycles. The number of hydrogen-bond donors (Lipinski definition) is 3. The predicted molar refractivity (Wildman–Crippen MR) is 138 cm³/mol. The van der Waals surface area contributed by atoms with Gasteiger partial charge in [-0.15, -0.1) is 4.59 Å². The van der Waals surface area contributed by atoms with E-state index in [1.54, 1.807) is 32.0 Å². The molecular weight excluding hydrogens is 546 g/mol. The summed E-state index contributed by atoms with van der Waals surface area (Å²) in [6.45, 7) is 3.01. The fraction of sp³-hybridized carbons (Fsp3) is 0.320. The molecule has 210 valence electrons. The second kappa shape index (κ2) is 10.9. The number of fused-ring (bicyclic) bond motifs is 1. The van der Waals surface area contributed by atoms with Crippen molar-refractivity contribution in [2.45, 2.75) is 49.1 Å². The number of thioether (sulfide) groups is 1. The van der Waals surface area contributed by atoms with E-state index in [1.165, 1.54) is 48.2 Å². The number of carboxylic acids is 1. The van der Waals surface area contributed by atoms with Crippen LogP contribution in [0.5, 0.6) is 0 Å². The lowest BCUT2D eigenvalue weighted by Gasteiger charge is -2.46. The molecule has 2 saturated heterocycles. The highest BCUT2D eigenvalue weighted by atomic mass is 32.2. The van der Waals surface area contributed by atoms with Crippen molar-refractivity contribution in [1.29, 1.82) is 0 Å². The number of carboxylic acid groups (broad SMARTS) is 1. The second-order valence-corrected chi connectivity index (χ2v) is 11.5. The normalized spacial score (nSPS) is 23.1. The average Bonchev–Trinajstić information content (AvgIpc) is 3.09. The molecule has 2 aliphatic heterocycles. The van der Waals surface area contributed by atoms with Crippen molar-refractivity contribution >= 4 is 47.7 Å². The molecule has 4 amide bonds. The zero-order valence-corrected chi connectivity index (χ0v) is 22.2. The molecular formula is C25H26N5O9S+. The summed E-state index contributed by atoms with van der Waals surface area (Å²) in [5, 5.41) is 21.0. The molecule has 1 unspecified atom stereocenters. The number of carbonyl (C=O) groups is 5. The maximum Gasteiger partial charge on any atom is 0.430 e. The summed E-state index contributed by atoms with van der Waals surface area (Å²) >= 11 is 1.28. The van der Waals surface area contributed by atoms with Crippen molar-refractivity contribution < 1.29 is 43.3 Å². The van der Waals surface area contributed by atoms with Gasteiger partial charge in [-0.3, -0.25) is 25.1 Å². The number of β-lactam (4-membered cyclic amide) rings is 1. The van der Waals surface area contributed by atoms with Gasteiger partial charge in [-0.2, -0.15) is 5.43 Å². The lowest BCUT2D eigenvalue weighted by atomic mass is 9.96. The summed E-state index contributed by atoms with van der Waals surface area (Å²) in [6, 6.07) is 10.3. The number of nitrogens with one attached hydrogen (secondary N) is 2. The minimum Gasteiger partial charge on any atom is -0.477 e. The first-order valence-corrected chi connectivity index (χ1v) is 12.9. The largest absolute Gasteiger partial charge is 0.477 e. The zero-order valence-electron chi connectivity index (χ0n) is 21.4. The summed E-state index contributed by atoms with van der Waals surface area (Å²) in [4.78, 5) is 74.1. The topological polar surface area (TPSA) is 185 Å². The summed E-state index contributed by atoms with van der Waals surface area (Å²) in [7, 11) is 0. The Balaban J connectivity index is 1.63. The van der Waals surface area contributed by atoms with Crippen LogP contribution in [-0.4, -0.2) is 66.1 Å². The average molecular weight is 573 g/mol. The Morgan fingerprint density at radius 2 is 1.88 bits per heavy atom. The Bertz CT molecular complexity index is 1350. The van der Waals surface area contributed by atoms with Crippen LogP contribution in [-0.2, 0) is 30.5 Å². The van der Waals surface area contributed by atoms with Crippen molar-refractivity contribution in [1.82, 2.24) is 15.9 Å². The van der Waals surface area contributed by atoms with E-state index in [0.717, 1.165) is 0 Å². The Hall–Kier alpha value is -4.50. The van der Waals surface area contributed by atoms with Crippen molar-refractivity contribution in [3.8, 4) is 0 Å². The Kier molecular flexibility index (Phi) is 7.79. The minimum atomic E-state index is -1.56. The second-order valence-electron chi connectivity index (χ2n) is 9.68. The Morgan fingerprint density at radius 3 is 2.42 bits per heavy atom. The van der Waals surface area contributed by atoms with Crippen molar-refractivity contribution in [3.63, 3.8) is 0 Å². The van der Waals surface area contributed by atoms with Gasteiger partial charge in [-0.25, -0.2) is 19.4 Å². The number of amides is 4. The van der Waals surface area contributed by atoms with E-state index in [4.69, 9.17) is 4.74 Å². The number of carbonyl (C=O) groups excluding carboxylic acids is 4. The number of nitro benzene ring substituents is 1. The van der Waals surface area contributed by atoms with Gasteiger partial charge in [0, 0.05) is 12.1 Å². The standard InChI is InChI=1S/C25H25N5O9S/c1-25(2)21(23(34)35)30(18(32)12-19(30)40-25)27-22(33)20(16-6-4-3-5-7-16)28(26-14-31)24(36)39-13-15-8-10-17(11-9-15)29(37)38/h3-11,14,19-21H,12-13H2,1-2H3,(H2-,26,27,31,33,34,35)/p+1/t19-,20?,21+,30-/m1/s1. The van der Waals surface area contributed by atoms with Gasteiger partial charge in [-0.1, -0.05) is 42.1 Å². The number of ether oxygens (including phenoxy) is 1. The number of benzene rings is 2. The number of rotatable bonds is 10. The molecule has 0 spiro atoms. The van der Waals surface area contributed by atoms with E-state index >= 15 is 0 Å². The smallest absolute Gasteiger partial charge is 0.430 e. The summed E-state index contributed by atoms with van der Waals surface area (Å²) < 4.78 is 3.55. The third kappa shape index (κ3) is 5.08. The first-order valence-electron chi connectivity index (χ1n) is 12.0. The van der Waals surface area contributed by atoms with Crippen LogP contribution in [0.2, 0.25) is 0 Å². The van der Waals surface area contributed by atoms with Crippen molar-refractivity contribution in [2.24, 2.45) is 0 Å². The summed E-state index contributed by atoms with van der Waals surface area (Å²) in [5.74, 6) is -2.68. The Labute approximate surface area is 231 Å². The Morgan fingerprint density at radius 1 is 1.23 bits per heavy atom. The maximum atomic E-state index is 13.9. The lowest BCUT2D eigenvalue weighted by Crippen LogP contribution is -2.79. The molecule has 2 aromatic rings. The maximum absolute atomic E-state index is 13.9. The summed E-state index contributed by atoms with van der Waals surface area (Å²) in [6.07, 6.45) is -0.927. The van der Waals surface area contributed by atoms with Gasteiger partial charge in [0.2, 0.25) is 12.5 Å². The monoisotopic (exact) mass is 572 g/mol. The fourth-order valence-corrected chi connectivity index (χ4v) is 6.80. The van der Waals surface area contributed by atoms with Crippen LogP contribution in [0.15, 0.2) is 54.6 Å². The molecule has 0 saturated carbocycles. The fourth-order valence-electron chi connectivity index (χ4n) is 5.02. The molecule has 0 aromatic heterocycles. The molecule has 2 aliphatic rings. The van der Waals surface area contributed by atoms with E-state index in [-0.39, 0.29) is 30.7 Å². The number of nitrogens with zero attached hydrogens (tertiary/aromatic N) is 3. The molecule has 4 atom stereocenters. The first-order chi connectivity index (χ1) is 18.9. The highest BCUT2D eigenvalue weighted by Crippen LogP contribution is 2.55. The van der Waals surface area contributed by atoms with E-state index in [0.29, 0.717) is 10.6 Å². The van der Waals surface area contributed by atoms with E-state index in [1.807, 2.05) is 0 Å². The zero-order chi connectivity index (χ0) is 29.2. The molecule has 15 heteroatoms. The number of quaternary nitrogens is 1.